The third kappa shape index (κ3) is 3.63. The van der Waals surface area contributed by atoms with E-state index in [9.17, 15) is 0 Å². The second kappa shape index (κ2) is 6.61. The molecule has 108 valence electrons. The van der Waals surface area contributed by atoms with Gasteiger partial charge >= 0.3 is 0 Å². The van der Waals surface area contributed by atoms with Crippen LogP contribution in [-0.4, -0.2) is 45.0 Å². The van der Waals surface area contributed by atoms with Crippen LogP contribution in [0.15, 0.2) is 24.5 Å². The summed E-state index contributed by atoms with van der Waals surface area (Å²) in [5.41, 5.74) is 1.51. The number of rotatable bonds is 6. The van der Waals surface area contributed by atoms with Crippen molar-refractivity contribution in [2.75, 3.05) is 18.4 Å². The fourth-order valence-electron chi connectivity index (χ4n) is 2.38. The van der Waals surface area contributed by atoms with E-state index in [1.807, 2.05) is 12.1 Å². The number of pyridine rings is 1. The van der Waals surface area contributed by atoms with Gasteiger partial charge in [0, 0.05) is 37.6 Å². The predicted molar refractivity (Wildman–Crippen MR) is 82.8 cm³/mol. The largest absolute Gasteiger partial charge is 0.369 e. The van der Waals surface area contributed by atoms with Crippen molar-refractivity contribution < 1.29 is 0 Å². The first-order valence-corrected chi connectivity index (χ1v) is 7.15. The van der Waals surface area contributed by atoms with Crippen LogP contribution in [0.25, 0.3) is 11.2 Å². The minimum atomic E-state index is 0.548. The summed E-state index contributed by atoms with van der Waals surface area (Å²) in [5.74, 6) is 0.852. The van der Waals surface area contributed by atoms with Crippen LogP contribution in [0.4, 0.5) is 5.82 Å². The average molecular weight is 273 g/mol. The van der Waals surface area contributed by atoms with E-state index in [-0.39, 0.29) is 0 Å². The van der Waals surface area contributed by atoms with Crippen molar-refractivity contribution in [2.45, 2.75) is 39.8 Å². The van der Waals surface area contributed by atoms with Gasteiger partial charge in [-0.1, -0.05) is 0 Å². The Bertz CT molecular complexity index is 545. The maximum atomic E-state index is 4.46. The van der Waals surface area contributed by atoms with Gasteiger partial charge in [0.1, 0.15) is 11.3 Å². The number of fused-ring (bicyclic) bond motifs is 1. The normalized spacial score (nSPS) is 11.8. The highest BCUT2D eigenvalue weighted by Gasteiger charge is 2.12. The van der Waals surface area contributed by atoms with Gasteiger partial charge in [0.15, 0.2) is 5.65 Å². The van der Waals surface area contributed by atoms with Gasteiger partial charge in [-0.25, -0.2) is 9.97 Å². The molecule has 0 spiro atoms. The SMILES string of the molecule is CC(C)N(CCNc1ccc2nccnc2n1)C(C)C. The molecular formula is C15H23N5. The zero-order valence-electron chi connectivity index (χ0n) is 12.7. The summed E-state index contributed by atoms with van der Waals surface area (Å²) < 4.78 is 0. The van der Waals surface area contributed by atoms with Crippen LogP contribution in [0.1, 0.15) is 27.7 Å². The Balaban J connectivity index is 1.95. The van der Waals surface area contributed by atoms with Crippen molar-refractivity contribution >= 4 is 17.0 Å². The fraction of sp³-hybridized carbons (Fsp3) is 0.533. The molecular weight excluding hydrogens is 250 g/mol. The fourth-order valence-corrected chi connectivity index (χ4v) is 2.38. The molecule has 0 aromatic carbocycles. The maximum Gasteiger partial charge on any atom is 0.180 e. The third-order valence-electron chi connectivity index (χ3n) is 3.33. The summed E-state index contributed by atoms with van der Waals surface area (Å²) in [6.45, 7) is 10.8. The molecule has 2 heterocycles. The molecule has 0 atom stereocenters. The van der Waals surface area contributed by atoms with E-state index in [0.29, 0.717) is 17.7 Å². The molecule has 5 heteroatoms. The molecule has 0 saturated heterocycles. The average Bonchev–Trinajstić information content (AvgIpc) is 2.42. The molecule has 2 aromatic rings. The van der Waals surface area contributed by atoms with Gasteiger partial charge in [-0.2, -0.15) is 0 Å². The third-order valence-corrected chi connectivity index (χ3v) is 3.33. The van der Waals surface area contributed by atoms with Gasteiger partial charge in [-0.15, -0.1) is 0 Å². The molecule has 0 amide bonds. The number of nitrogens with zero attached hydrogens (tertiary/aromatic N) is 4. The molecule has 0 aliphatic rings. The molecule has 0 fully saturated rings. The molecule has 2 rings (SSSR count). The van der Waals surface area contributed by atoms with E-state index in [2.05, 4.69) is 52.9 Å². The Morgan fingerprint density at radius 1 is 1.05 bits per heavy atom. The van der Waals surface area contributed by atoms with Crippen molar-refractivity contribution in [1.29, 1.82) is 0 Å². The zero-order valence-corrected chi connectivity index (χ0v) is 12.7. The lowest BCUT2D eigenvalue weighted by molar-refractivity contribution is 0.182. The van der Waals surface area contributed by atoms with Gasteiger partial charge in [-0.05, 0) is 39.8 Å². The highest BCUT2D eigenvalue weighted by Crippen LogP contribution is 2.10. The molecule has 1 N–H and O–H groups in total. The number of hydrogen-bond acceptors (Lipinski definition) is 5. The molecule has 20 heavy (non-hydrogen) atoms. The lowest BCUT2D eigenvalue weighted by atomic mass is 10.2. The van der Waals surface area contributed by atoms with Crippen molar-refractivity contribution in [1.82, 2.24) is 19.9 Å². The second-order valence-electron chi connectivity index (χ2n) is 5.45. The van der Waals surface area contributed by atoms with Gasteiger partial charge in [0.05, 0.1) is 0 Å². The first-order chi connectivity index (χ1) is 9.58. The maximum absolute atomic E-state index is 4.46. The summed E-state index contributed by atoms with van der Waals surface area (Å²) in [4.78, 5) is 15.3. The monoisotopic (exact) mass is 273 g/mol. The molecule has 0 aliphatic heterocycles. The summed E-state index contributed by atoms with van der Waals surface area (Å²) in [5, 5.41) is 3.36. The summed E-state index contributed by atoms with van der Waals surface area (Å²) in [6.07, 6.45) is 3.35. The van der Waals surface area contributed by atoms with E-state index >= 15 is 0 Å². The van der Waals surface area contributed by atoms with E-state index in [4.69, 9.17) is 0 Å². The Hall–Kier alpha value is -1.75. The molecule has 0 bridgehead atoms. The Morgan fingerprint density at radius 2 is 1.75 bits per heavy atom. The van der Waals surface area contributed by atoms with E-state index < -0.39 is 0 Å². The molecule has 0 unspecified atom stereocenters. The van der Waals surface area contributed by atoms with Crippen LogP contribution in [0.5, 0.6) is 0 Å². The van der Waals surface area contributed by atoms with E-state index in [0.717, 1.165) is 24.4 Å². The van der Waals surface area contributed by atoms with Gasteiger partial charge < -0.3 is 5.32 Å². The lowest BCUT2D eigenvalue weighted by Gasteiger charge is -2.30. The molecule has 2 aromatic heterocycles. The Morgan fingerprint density at radius 3 is 2.45 bits per heavy atom. The van der Waals surface area contributed by atoms with Gasteiger partial charge in [0.2, 0.25) is 0 Å². The first kappa shape index (κ1) is 14.7. The minimum Gasteiger partial charge on any atom is -0.369 e. The molecule has 0 saturated carbocycles. The van der Waals surface area contributed by atoms with Crippen LogP contribution >= 0.6 is 0 Å². The quantitative estimate of drug-likeness (QED) is 0.876. The Labute approximate surface area is 120 Å². The van der Waals surface area contributed by atoms with Gasteiger partial charge in [-0.3, -0.25) is 9.88 Å². The first-order valence-electron chi connectivity index (χ1n) is 7.15. The summed E-state index contributed by atoms with van der Waals surface area (Å²) >= 11 is 0. The molecule has 0 radical (unpaired) electrons. The van der Waals surface area contributed by atoms with Crippen LogP contribution in [-0.2, 0) is 0 Å². The van der Waals surface area contributed by atoms with Crippen molar-refractivity contribution in [3.8, 4) is 0 Å². The molecule has 0 aliphatic carbocycles. The summed E-state index contributed by atoms with van der Waals surface area (Å²) in [6, 6.07) is 4.99. The zero-order chi connectivity index (χ0) is 14.5. The highest BCUT2D eigenvalue weighted by molar-refractivity contribution is 5.71. The second-order valence-corrected chi connectivity index (χ2v) is 5.45. The smallest absolute Gasteiger partial charge is 0.180 e. The Kier molecular flexibility index (Phi) is 4.84. The molecule has 5 nitrogen and oxygen atoms in total. The number of anilines is 1. The van der Waals surface area contributed by atoms with Gasteiger partial charge in [0.25, 0.3) is 0 Å². The van der Waals surface area contributed by atoms with Crippen LogP contribution in [0.2, 0.25) is 0 Å². The highest BCUT2D eigenvalue weighted by atomic mass is 15.2. The topological polar surface area (TPSA) is 53.9 Å². The number of nitrogens with one attached hydrogen (secondary N) is 1. The predicted octanol–water partition coefficient (Wildman–Crippen LogP) is 2.56. The van der Waals surface area contributed by atoms with Crippen LogP contribution < -0.4 is 5.32 Å². The number of hydrogen-bond donors (Lipinski definition) is 1. The van der Waals surface area contributed by atoms with E-state index in [1.165, 1.54) is 0 Å². The van der Waals surface area contributed by atoms with Crippen molar-refractivity contribution in [3.05, 3.63) is 24.5 Å². The lowest BCUT2D eigenvalue weighted by Crippen LogP contribution is -2.40. The van der Waals surface area contributed by atoms with E-state index in [1.54, 1.807) is 12.4 Å². The standard InChI is InChI=1S/C15H23N5/c1-11(2)20(12(3)4)10-9-17-14-6-5-13-15(19-14)18-8-7-16-13/h5-8,11-12H,9-10H2,1-4H3,(H,17,18,19). The van der Waals surface area contributed by atoms with Crippen molar-refractivity contribution in [3.63, 3.8) is 0 Å². The van der Waals surface area contributed by atoms with Crippen LogP contribution in [0, 0.1) is 0 Å². The van der Waals surface area contributed by atoms with Crippen molar-refractivity contribution in [2.24, 2.45) is 0 Å². The minimum absolute atomic E-state index is 0.548. The number of aromatic nitrogens is 3. The van der Waals surface area contributed by atoms with Crippen LogP contribution in [0.3, 0.4) is 0 Å². The summed E-state index contributed by atoms with van der Waals surface area (Å²) in [7, 11) is 0.